The molecule has 0 aliphatic rings. The molecule has 0 fully saturated rings. The number of carbonyl (C=O) groups is 2. The first kappa shape index (κ1) is 26.7. The van der Waals surface area contributed by atoms with Gasteiger partial charge >= 0.3 is 0 Å². The van der Waals surface area contributed by atoms with E-state index in [0.717, 1.165) is 15.8 Å². The zero-order valence-electron chi connectivity index (χ0n) is 20.4. The predicted molar refractivity (Wildman–Crippen MR) is 135 cm³/mol. The van der Waals surface area contributed by atoms with Crippen LogP contribution in [0.15, 0.2) is 46.9 Å². The van der Waals surface area contributed by atoms with Crippen LogP contribution in [0, 0.1) is 0 Å². The maximum atomic E-state index is 13.3. The van der Waals surface area contributed by atoms with Crippen LogP contribution in [0.2, 0.25) is 0 Å². The van der Waals surface area contributed by atoms with Gasteiger partial charge in [0, 0.05) is 12.6 Å². The van der Waals surface area contributed by atoms with E-state index in [2.05, 4.69) is 35.1 Å². The summed E-state index contributed by atoms with van der Waals surface area (Å²) < 4.78 is 11.9. The number of nitrogens with one attached hydrogen (secondary N) is 1. The molecule has 0 spiro atoms. The van der Waals surface area contributed by atoms with Gasteiger partial charge in [0.25, 0.3) is 5.91 Å². The number of nitrogens with zero attached hydrogens (tertiary/aromatic N) is 1. The van der Waals surface area contributed by atoms with Crippen LogP contribution in [0.5, 0.6) is 11.5 Å². The minimum absolute atomic E-state index is 0.0174. The second-order valence-electron chi connectivity index (χ2n) is 8.59. The summed E-state index contributed by atoms with van der Waals surface area (Å²) in [6.07, 6.45) is 0.493. The minimum Gasteiger partial charge on any atom is -0.497 e. The summed E-state index contributed by atoms with van der Waals surface area (Å²) in [5.74, 6) is 1.30. The first-order valence-corrected chi connectivity index (χ1v) is 12.1. The van der Waals surface area contributed by atoms with Gasteiger partial charge in [-0.2, -0.15) is 0 Å². The van der Waals surface area contributed by atoms with Crippen molar-refractivity contribution in [1.29, 1.82) is 0 Å². The summed E-state index contributed by atoms with van der Waals surface area (Å²) in [7, 11) is 1.61. The predicted octanol–water partition coefficient (Wildman–Crippen LogP) is 5.29. The van der Waals surface area contributed by atoms with E-state index < -0.39 is 6.04 Å². The molecule has 0 bridgehead atoms. The highest BCUT2D eigenvalue weighted by molar-refractivity contribution is 9.10. The molecular formula is C26H35BrN2O4. The molecule has 1 atom stereocenters. The molecule has 2 rings (SSSR count). The Balaban J connectivity index is 2.23. The summed E-state index contributed by atoms with van der Waals surface area (Å²) in [5.41, 5.74) is 2.08. The van der Waals surface area contributed by atoms with Crippen molar-refractivity contribution in [2.75, 3.05) is 13.7 Å². The largest absolute Gasteiger partial charge is 0.497 e. The van der Waals surface area contributed by atoms with Crippen molar-refractivity contribution >= 4 is 27.7 Å². The van der Waals surface area contributed by atoms with Crippen LogP contribution in [0.1, 0.15) is 58.1 Å². The Kier molecular flexibility index (Phi) is 10.2. The molecule has 2 aromatic carbocycles. The van der Waals surface area contributed by atoms with Crippen LogP contribution < -0.4 is 14.8 Å². The molecule has 7 heteroatoms. The normalized spacial score (nSPS) is 11.9. The van der Waals surface area contributed by atoms with Gasteiger partial charge in [-0.3, -0.25) is 9.59 Å². The summed E-state index contributed by atoms with van der Waals surface area (Å²) in [6.45, 7) is 10.1. The number of carbonyl (C=O) groups excluding carboxylic acids is 2. The Morgan fingerprint density at radius 3 is 2.24 bits per heavy atom. The first-order valence-electron chi connectivity index (χ1n) is 11.3. The highest BCUT2D eigenvalue weighted by Gasteiger charge is 2.29. The molecule has 33 heavy (non-hydrogen) atoms. The van der Waals surface area contributed by atoms with Crippen LogP contribution >= 0.6 is 15.9 Å². The van der Waals surface area contributed by atoms with Gasteiger partial charge in [-0.05, 0) is 77.5 Å². The number of rotatable bonds is 11. The van der Waals surface area contributed by atoms with Crippen LogP contribution in [-0.4, -0.2) is 42.5 Å². The van der Waals surface area contributed by atoms with Gasteiger partial charge in [0.1, 0.15) is 17.5 Å². The Morgan fingerprint density at radius 1 is 1.06 bits per heavy atom. The van der Waals surface area contributed by atoms with Crippen LogP contribution in [0.3, 0.4) is 0 Å². The number of amides is 2. The van der Waals surface area contributed by atoms with Gasteiger partial charge in [0.05, 0.1) is 11.6 Å². The summed E-state index contributed by atoms with van der Waals surface area (Å²) >= 11 is 3.54. The highest BCUT2D eigenvalue weighted by atomic mass is 79.9. The second kappa shape index (κ2) is 12.6. The second-order valence-corrected chi connectivity index (χ2v) is 9.44. The van der Waals surface area contributed by atoms with E-state index >= 15 is 0 Å². The topological polar surface area (TPSA) is 67.9 Å². The molecule has 1 unspecified atom stereocenters. The van der Waals surface area contributed by atoms with Gasteiger partial charge in [-0.1, -0.05) is 39.0 Å². The number of benzene rings is 2. The lowest BCUT2D eigenvalue weighted by atomic mass is 10.0. The van der Waals surface area contributed by atoms with Gasteiger partial charge in [0.15, 0.2) is 6.61 Å². The van der Waals surface area contributed by atoms with Gasteiger partial charge in [-0.15, -0.1) is 0 Å². The maximum absolute atomic E-state index is 13.3. The fourth-order valence-corrected chi connectivity index (χ4v) is 3.95. The van der Waals surface area contributed by atoms with E-state index in [9.17, 15) is 9.59 Å². The fourth-order valence-electron chi connectivity index (χ4n) is 3.44. The molecule has 0 saturated heterocycles. The Bertz CT molecular complexity index is 928. The van der Waals surface area contributed by atoms with E-state index in [-0.39, 0.29) is 24.5 Å². The lowest BCUT2D eigenvalue weighted by Gasteiger charge is -2.31. The van der Waals surface area contributed by atoms with E-state index in [1.54, 1.807) is 12.0 Å². The smallest absolute Gasteiger partial charge is 0.261 e. The van der Waals surface area contributed by atoms with E-state index in [4.69, 9.17) is 9.47 Å². The fraction of sp³-hybridized carbons (Fsp3) is 0.462. The first-order chi connectivity index (χ1) is 15.7. The van der Waals surface area contributed by atoms with Crippen molar-refractivity contribution in [3.05, 3.63) is 58.1 Å². The molecule has 0 radical (unpaired) electrons. The van der Waals surface area contributed by atoms with E-state index in [1.807, 2.05) is 63.2 Å². The standard InChI is InChI=1S/C26H35BrN2O4/c1-7-23(26(31)28-18(4)5)29(15-19-8-11-21(32-6)12-9-19)25(30)16-33-24-13-10-20(17(2)3)14-22(24)27/h8-14,17-18,23H,7,15-16H2,1-6H3,(H,28,31). The van der Waals surface area contributed by atoms with Crippen LogP contribution in [0.25, 0.3) is 0 Å². The molecular weight excluding hydrogens is 484 g/mol. The molecule has 0 saturated carbocycles. The van der Waals surface area contributed by atoms with E-state index in [0.29, 0.717) is 24.6 Å². The van der Waals surface area contributed by atoms with E-state index in [1.165, 1.54) is 5.56 Å². The Hall–Kier alpha value is -2.54. The minimum atomic E-state index is -0.600. The maximum Gasteiger partial charge on any atom is 0.261 e. The highest BCUT2D eigenvalue weighted by Crippen LogP contribution is 2.29. The zero-order valence-corrected chi connectivity index (χ0v) is 21.9. The molecule has 0 aliphatic heterocycles. The number of hydrogen-bond donors (Lipinski definition) is 1. The third kappa shape index (κ3) is 7.77. The summed E-state index contributed by atoms with van der Waals surface area (Å²) in [5, 5.41) is 2.93. The number of methoxy groups -OCH3 is 1. The van der Waals surface area contributed by atoms with Crippen molar-refractivity contribution in [1.82, 2.24) is 10.2 Å². The Morgan fingerprint density at radius 2 is 1.73 bits per heavy atom. The molecule has 2 aromatic rings. The third-order valence-corrected chi connectivity index (χ3v) is 5.92. The molecule has 1 N–H and O–H groups in total. The van der Waals surface area contributed by atoms with Crippen molar-refractivity contribution in [2.24, 2.45) is 0 Å². The van der Waals surface area contributed by atoms with Gasteiger partial charge in [0.2, 0.25) is 5.91 Å². The number of hydrogen-bond acceptors (Lipinski definition) is 4. The van der Waals surface area contributed by atoms with Crippen molar-refractivity contribution in [2.45, 2.75) is 65.6 Å². The summed E-state index contributed by atoms with van der Waals surface area (Å²) in [4.78, 5) is 27.8. The van der Waals surface area contributed by atoms with Crippen molar-refractivity contribution in [3.63, 3.8) is 0 Å². The SMILES string of the molecule is CCC(C(=O)NC(C)C)N(Cc1ccc(OC)cc1)C(=O)COc1ccc(C(C)C)cc1Br. The number of halogens is 1. The monoisotopic (exact) mass is 518 g/mol. The van der Waals surface area contributed by atoms with Crippen molar-refractivity contribution < 1.29 is 19.1 Å². The quantitative estimate of drug-likeness (QED) is 0.438. The Labute approximate surface area is 205 Å². The molecule has 2 amide bonds. The van der Waals surface area contributed by atoms with Gasteiger partial charge < -0.3 is 19.7 Å². The number of ether oxygens (including phenoxy) is 2. The van der Waals surface area contributed by atoms with Crippen LogP contribution in [0.4, 0.5) is 0 Å². The molecule has 6 nitrogen and oxygen atoms in total. The lowest BCUT2D eigenvalue weighted by Crippen LogP contribution is -2.51. The van der Waals surface area contributed by atoms with Crippen molar-refractivity contribution in [3.8, 4) is 11.5 Å². The molecule has 0 aliphatic carbocycles. The molecule has 180 valence electrons. The molecule has 0 aromatic heterocycles. The van der Waals surface area contributed by atoms with Crippen LogP contribution in [-0.2, 0) is 16.1 Å². The summed E-state index contributed by atoms with van der Waals surface area (Å²) in [6, 6.07) is 12.7. The zero-order chi connectivity index (χ0) is 24.5. The molecule has 0 heterocycles. The lowest BCUT2D eigenvalue weighted by molar-refractivity contribution is -0.143. The van der Waals surface area contributed by atoms with Gasteiger partial charge in [-0.25, -0.2) is 0 Å². The average Bonchev–Trinajstić information content (AvgIpc) is 2.77. The third-order valence-electron chi connectivity index (χ3n) is 5.30. The average molecular weight is 519 g/mol.